The summed E-state index contributed by atoms with van der Waals surface area (Å²) in [6.07, 6.45) is 3.53. The van der Waals surface area contributed by atoms with Crippen molar-refractivity contribution in [2.24, 2.45) is 11.8 Å². The first-order chi connectivity index (χ1) is 13.3. The van der Waals surface area contributed by atoms with Gasteiger partial charge in [0.25, 0.3) is 0 Å². The van der Waals surface area contributed by atoms with Crippen molar-refractivity contribution < 1.29 is 13.2 Å². The summed E-state index contributed by atoms with van der Waals surface area (Å²) in [7, 11) is -3.59. The third kappa shape index (κ3) is 4.82. The Hall–Kier alpha value is -2.15. The van der Waals surface area contributed by atoms with Gasteiger partial charge in [0.2, 0.25) is 20.9 Å². The molecule has 0 spiro atoms. The smallest absolute Gasteiger partial charge is 0.228 e. The largest absolute Gasteiger partial charge is 0.337 e. The van der Waals surface area contributed by atoms with Gasteiger partial charge in [-0.3, -0.25) is 4.79 Å². The second-order valence-electron chi connectivity index (χ2n) is 7.91. The number of imidazole rings is 1. The van der Waals surface area contributed by atoms with Crippen LogP contribution in [0.1, 0.15) is 44.9 Å². The third-order valence-electron chi connectivity index (χ3n) is 4.90. The van der Waals surface area contributed by atoms with Gasteiger partial charge in [-0.2, -0.15) is 0 Å². The van der Waals surface area contributed by atoms with Gasteiger partial charge in [-0.05, 0) is 31.2 Å². The number of hydrogen-bond donors (Lipinski definition) is 0. The van der Waals surface area contributed by atoms with Crippen LogP contribution in [0, 0.1) is 11.8 Å². The molecule has 1 amide bonds. The Bertz CT molecular complexity index is 916. The third-order valence-corrected chi connectivity index (χ3v) is 6.50. The van der Waals surface area contributed by atoms with Gasteiger partial charge in [-0.25, -0.2) is 13.4 Å². The van der Waals surface area contributed by atoms with Gasteiger partial charge in [0.05, 0.1) is 24.2 Å². The van der Waals surface area contributed by atoms with Gasteiger partial charge >= 0.3 is 0 Å². The highest BCUT2D eigenvalue weighted by molar-refractivity contribution is 7.90. The van der Waals surface area contributed by atoms with E-state index >= 15 is 0 Å². The highest BCUT2D eigenvalue weighted by atomic mass is 32.2. The number of hydrogen-bond acceptors (Lipinski definition) is 4. The van der Waals surface area contributed by atoms with Crippen LogP contribution in [0.4, 0.5) is 0 Å². The second kappa shape index (κ2) is 8.47. The van der Waals surface area contributed by atoms with Crippen molar-refractivity contribution in [3.8, 4) is 0 Å². The second-order valence-corrected chi connectivity index (χ2v) is 9.79. The van der Waals surface area contributed by atoms with Crippen LogP contribution in [0.2, 0.25) is 0 Å². The van der Waals surface area contributed by atoms with Crippen LogP contribution < -0.4 is 0 Å². The molecule has 152 valence electrons. The lowest BCUT2D eigenvalue weighted by atomic mass is 10.2. The highest BCUT2D eigenvalue weighted by Gasteiger charge is 2.33. The molecule has 1 heterocycles. The number of rotatable bonds is 9. The zero-order valence-corrected chi connectivity index (χ0v) is 17.7. The first-order valence-corrected chi connectivity index (χ1v) is 11.6. The molecule has 28 heavy (non-hydrogen) atoms. The number of nitrogens with zero attached hydrogens (tertiary/aromatic N) is 3. The van der Waals surface area contributed by atoms with Gasteiger partial charge < -0.3 is 9.47 Å². The molecule has 1 saturated carbocycles. The van der Waals surface area contributed by atoms with Crippen LogP contribution in [-0.2, 0) is 33.5 Å². The maximum Gasteiger partial charge on any atom is 0.228 e. The molecular formula is C21H29N3O3S. The first kappa shape index (κ1) is 20.6. The lowest BCUT2D eigenvalue weighted by molar-refractivity contribution is -0.133. The van der Waals surface area contributed by atoms with Crippen molar-refractivity contribution in [1.82, 2.24) is 14.5 Å². The van der Waals surface area contributed by atoms with E-state index in [-0.39, 0.29) is 28.7 Å². The van der Waals surface area contributed by atoms with Crippen molar-refractivity contribution in [2.75, 3.05) is 6.54 Å². The van der Waals surface area contributed by atoms with Crippen LogP contribution in [0.15, 0.2) is 41.7 Å². The maximum absolute atomic E-state index is 13.1. The summed E-state index contributed by atoms with van der Waals surface area (Å²) in [6.45, 7) is 7.60. The van der Waals surface area contributed by atoms with Crippen LogP contribution in [0.25, 0.3) is 0 Å². The molecule has 0 radical (unpaired) electrons. The molecule has 0 N–H and O–H groups in total. The van der Waals surface area contributed by atoms with E-state index in [0.717, 1.165) is 24.1 Å². The van der Waals surface area contributed by atoms with E-state index in [1.54, 1.807) is 27.8 Å². The molecule has 0 saturated heterocycles. The predicted octanol–water partition coefficient (Wildman–Crippen LogP) is 3.27. The zero-order valence-electron chi connectivity index (χ0n) is 16.8. The van der Waals surface area contributed by atoms with Crippen molar-refractivity contribution >= 4 is 15.7 Å². The molecule has 1 aromatic carbocycles. The van der Waals surface area contributed by atoms with Crippen LogP contribution in [-0.4, -0.2) is 35.3 Å². The van der Waals surface area contributed by atoms with Crippen molar-refractivity contribution in [3.63, 3.8) is 0 Å². The fraction of sp³-hybridized carbons (Fsp3) is 0.524. The Labute approximate surface area is 167 Å². The molecule has 1 aliphatic carbocycles. The van der Waals surface area contributed by atoms with Crippen molar-refractivity contribution in [1.29, 1.82) is 0 Å². The number of aromatic nitrogens is 2. The summed E-state index contributed by atoms with van der Waals surface area (Å²) >= 11 is 0. The fourth-order valence-corrected chi connectivity index (χ4v) is 4.82. The minimum atomic E-state index is -3.59. The number of sulfone groups is 1. The van der Waals surface area contributed by atoms with Gasteiger partial charge in [0.1, 0.15) is 0 Å². The summed E-state index contributed by atoms with van der Waals surface area (Å²) < 4.78 is 27.9. The van der Waals surface area contributed by atoms with E-state index in [1.807, 2.05) is 39.0 Å². The molecule has 7 heteroatoms. The van der Waals surface area contributed by atoms with Gasteiger partial charge in [0, 0.05) is 19.0 Å². The molecule has 0 bridgehead atoms. The standard InChI is InChI=1S/C21H29N3O3S/c1-4-23(20(25)18-10-11-18)14-19-12-22-21(24(19)13-16(2)3)28(26,27)15-17-8-6-5-7-9-17/h5-9,12,16,18H,4,10-11,13-15H2,1-3H3. The Morgan fingerprint density at radius 2 is 1.93 bits per heavy atom. The molecule has 1 aromatic heterocycles. The maximum atomic E-state index is 13.1. The quantitative estimate of drug-likeness (QED) is 0.644. The molecule has 2 aromatic rings. The first-order valence-electron chi connectivity index (χ1n) is 9.91. The van der Waals surface area contributed by atoms with Crippen molar-refractivity contribution in [3.05, 3.63) is 47.8 Å². The number of carbonyl (C=O) groups is 1. The summed E-state index contributed by atoms with van der Waals surface area (Å²) in [4.78, 5) is 18.6. The molecule has 1 fully saturated rings. The molecule has 3 rings (SSSR count). The lowest BCUT2D eigenvalue weighted by Crippen LogP contribution is -2.32. The van der Waals surface area contributed by atoms with E-state index in [4.69, 9.17) is 0 Å². The average Bonchev–Trinajstić information content (AvgIpc) is 3.42. The van der Waals surface area contributed by atoms with Gasteiger partial charge in [-0.1, -0.05) is 44.2 Å². The Kier molecular flexibility index (Phi) is 6.23. The predicted molar refractivity (Wildman–Crippen MR) is 108 cm³/mol. The minimum absolute atomic E-state index is 0.0825. The average molecular weight is 404 g/mol. The SMILES string of the molecule is CCN(Cc1cnc(S(=O)(=O)Cc2ccccc2)n1CC(C)C)C(=O)C1CC1. The van der Waals surface area contributed by atoms with E-state index in [1.165, 1.54) is 0 Å². The monoisotopic (exact) mass is 403 g/mol. The Balaban J connectivity index is 1.90. The molecule has 1 aliphatic rings. The van der Waals surface area contributed by atoms with Gasteiger partial charge in [0.15, 0.2) is 0 Å². The lowest BCUT2D eigenvalue weighted by Gasteiger charge is -2.22. The topological polar surface area (TPSA) is 72.3 Å². The van der Waals surface area contributed by atoms with Crippen LogP contribution in [0.3, 0.4) is 0 Å². The van der Waals surface area contributed by atoms with E-state index in [9.17, 15) is 13.2 Å². The van der Waals surface area contributed by atoms with Gasteiger partial charge in [-0.15, -0.1) is 0 Å². The van der Waals surface area contributed by atoms with Crippen molar-refractivity contribution in [2.45, 2.75) is 57.6 Å². The molecular weight excluding hydrogens is 374 g/mol. The molecule has 0 atom stereocenters. The molecule has 0 aliphatic heterocycles. The molecule has 6 nitrogen and oxygen atoms in total. The zero-order chi connectivity index (χ0) is 20.3. The summed E-state index contributed by atoms with van der Waals surface area (Å²) in [5.41, 5.74) is 1.51. The number of carbonyl (C=O) groups excluding carboxylic acids is 1. The number of amides is 1. The van der Waals surface area contributed by atoms with E-state index in [2.05, 4.69) is 4.98 Å². The molecule has 0 unspecified atom stereocenters. The van der Waals surface area contributed by atoms with Crippen LogP contribution in [0.5, 0.6) is 0 Å². The number of benzene rings is 1. The normalized spacial score (nSPS) is 14.4. The van der Waals surface area contributed by atoms with Crippen LogP contribution >= 0.6 is 0 Å². The minimum Gasteiger partial charge on any atom is -0.337 e. The summed E-state index contributed by atoms with van der Waals surface area (Å²) in [5, 5.41) is 0.0926. The Morgan fingerprint density at radius 3 is 2.50 bits per heavy atom. The summed E-state index contributed by atoms with van der Waals surface area (Å²) in [5.74, 6) is 0.477. The Morgan fingerprint density at radius 1 is 1.25 bits per heavy atom. The van der Waals surface area contributed by atoms with E-state index < -0.39 is 9.84 Å². The fourth-order valence-electron chi connectivity index (χ4n) is 3.31. The summed E-state index contributed by atoms with van der Waals surface area (Å²) in [6, 6.07) is 9.14. The van der Waals surface area contributed by atoms with E-state index in [0.29, 0.717) is 19.6 Å². The highest BCUT2D eigenvalue weighted by Crippen LogP contribution is 2.31.